The van der Waals surface area contributed by atoms with Gasteiger partial charge >= 0.3 is 6.08 Å². The first-order chi connectivity index (χ1) is 21.0. The number of ether oxygens (including phenoxy) is 1. The van der Waals surface area contributed by atoms with Crippen LogP contribution in [0.4, 0.5) is 10.2 Å². The molecule has 0 radical (unpaired) electrons. The molecule has 0 bridgehead atoms. The molecule has 2 N–H and O–H groups in total. The van der Waals surface area contributed by atoms with Crippen molar-refractivity contribution in [1.29, 1.82) is 0 Å². The first-order valence-corrected chi connectivity index (χ1v) is 20.7. The number of nitrogen functional groups attached to an aromatic ring is 1. The molecule has 2 aromatic heterocycles. The maximum atomic E-state index is 14.3. The lowest BCUT2D eigenvalue weighted by Crippen LogP contribution is -2.68. The predicted molar refractivity (Wildman–Crippen MR) is 184 cm³/mol. The number of benzene rings is 2. The summed E-state index contributed by atoms with van der Waals surface area (Å²) in [5, 5.41) is 2.01. The Bertz CT molecular complexity index is 1590. The molecule has 0 unspecified atom stereocenters. The van der Waals surface area contributed by atoms with E-state index in [1.54, 1.807) is 10.9 Å². The van der Waals surface area contributed by atoms with Crippen LogP contribution in [0.3, 0.4) is 0 Å². The molecule has 1 fully saturated rings. The molecular formula is C33H45ClFN5O3Si2. The highest BCUT2D eigenvalue weighted by Gasteiger charge is 2.57. The van der Waals surface area contributed by atoms with Gasteiger partial charge in [-0.25, -0.2) is 4.98 Å². The van der Waals surface area contributed by atoms with Gasteiger partial charge in [-0.3, -0.25) is 4.57 Å². The Morgan fingerprint density at radius 3 is 2.07 bits per heavy atom. The highest BCUT2D eigenvalue weighted by Crippen LogP contribution is 2.47. The van der Waals surface area contributed by atoms with E-state index >= 15 is 0 Å². The van der Waals surface area contributed by atoms with Gasteiger partial charge < -0.3 is 19.3 Å². The van der Waals surface area contributed by atoms with E-state index in [0.29, 0.717) is 11.9 Å². The number of hydrogen-bond acceptors (Lipinski definition) is 7. The smallest absolute Gasteiger partial charge is 0.312 e. The van der Waals surface area contributed by atoms with E-state index in [4.69, 9.17) is 30.9 Å². The molecule has 242 valence electrons. The first-order valence-electron chi connectivity index (χ1n) is 15.4. The maximum absolute atomic E-state index is 14.3. The van der Waals surface area contributed by atoms with Crippen LogP contribution in [0.5, 0.6) is 0 Å². The number of aromatic nitrogens is 4. The third-order valence-corrected chi connectivity index (χ3v) is 19.4. The van der Waals surface area contributed by atoms with Crippen LogP contribution in [0, 0.1) is 6.08 Å². The Balaban J connectivity index is 1.62. The summed E-state index contributed by atoms with van der Waals surface area (Å²) in [7, 11) is -5.25. The van der Waals surface area contributed by atoms with Gasteiger partial charge in [-0.1, -0.05) is 102 Å². The summed E-state index contributed by atoms with van der Waals surface area (Å²) in [6.07, 6.45) is 0.0737. The van der Waals surface area contributed by atoms with Crippen molar-refractivity contribution in [1.82, 2.24) is 19.5 Å². The summed E-state index contributed by atoms with van der Waals surface area (Å²) in [5.74, 6) is 0.0981. The topological polar surface area (TPSA) is 97.3 Å². The van der Waals surface area contributed by atoms with Gasteiger partial charge in [-0.15, -0.1) is 11.6 Å². The van der Waals surface area contributed by atoms with Gasteiger partial charge in [0.25, 0.3) is 8.32 Å². The van der Waals surface area contributed by atoms with Crippen molar-refractivity contribution in [2.75, 3.05) is 18.2 Å². The van der Waals surface area contributed by atoms with Gasteiger partial charge in [0, 0.05) is 6.42 Å². The number of nitrogens with two attached hydrogens (primary N) is 1. The van der Waals surface area contributed by atoms with Crippen LogP contribution < -0.4 is 16.1 Å². The molecule has 0 aliphatic carbocycles. The Labute approximate surface area is 272 Å². The fraction of sp³-hybridized carbons (Fsp3) is 0.485. The molecule has 4 aromatic rings. The summed E-state index contributed by atoms with van der Waals surface area (Å²) in [5.41, 5.74) is 5.54. The minimum atomic E-state index is -2.94. The molecule has 0 amide bonds. The lowest BCUT2D eigenvalue weighted by molar-refractivity contribution is -0.106. The number of alkyl halides is 1. The molecule has 45 heavy (non-hydrogen) atoms. The maximum Gasteiger partial charge on any atom is 0.312 e. The minimum absolute atomic E-state index is 0.0260. The Hall–Kier alpha value is -2.68. The average molecular weight is 670 g/mol. The van der Waals surface area contributed by atoms with Gasteiger partial charge in [-0.2, -0.15) is 14.4 Å². The molecule has 0 spiro atoms. The molecule has 5 rings (SSSR count). The number of imidazole rings is 1. The molecule has 1 aliphatic heterocycles. The quantitative estimate of drug-likeness (QED) is 0.125. The van der Waals surface area contributed by atoms with Crippen LogP contribution in [0.1, 0.15) is 54.2 Å². The molecular weight excluding hydrogens is 625 g/mol. The van der Waals surface area contributed by atoms with E-state index < -0.39 is 40.6 Å². The van der Waals surface area contributed by atoms with E-state index in [2.05, 4.69) is 118 Å². The van der Waals surface area contributed by atoms with Crippen molar-refractivity contribution in [3.05, 3.63) is 73.1 Å². The van der Waals surface area contributed by atoms with E-state index in [0.717, 1.165) is 10.4 Å². The van der Waals surface area contributed by atoms with Gasteiger partial charge in [0.1, 0.15) is 11.8 Å². The lowest BCUT2D eigenvalue weighted by atomic mass is 10.0. The van der Waals surface area contributed by atoms with E-state index in [9.17, 15) is 4.39 Å². The molecule has 0 saturated carbocycles. The predicted octanol–water partition coefficient (Wildman–Crippen LogP) is 6.41. The van der Waals surface area contributed by atoms with Crippen molar-refractivity contribution in [2.24, 2.45) is 0 Å². The average Bonchev–Trinajstić information content (AvgIpc) is 3.55. The Kier molecular flexibility index (Phi) is 9.10. The zero-order valence-electron chi connectivity index (χ0n) is 27.5. The van der Waals surface area contributed by atoms with Crippen LogP contribution in [-0.4, -0.2) is 60.3 Å². The normalized spacial score (nSPS) is 21.5. The zero-order chi connectivity index (χ0) is 32.8. The van der Waals surface area contributed by atoms with Crippen LogP contribution in [0.25, 0.3) is 11.2 Å². The van der Waals surface area contributed by atoms with Crippen molar-refractivity contribution in [3.63, 3.8) is 0 Å². The zero-order valence-corrected chi connectivity index (χ0v) is 30.2. The first kappa shape index (κ1) is 33.7. The number of anilines is 1. The second kappa shape index (κ2) is 12.2. The Morgan fingerprint density at radius 1 is 0.978 bits per heavy atom. The van der Waals surface area contributed by atoms with E-state index in [1.165, 1.54) is 0 Å². The minimum Gasteiger partial charge on any atom is -0.411 e. The largest absolute Gasteiger partial charge is 0.411 e. The molecule has 3 atom stereocenters. The number of halogens is 2. The molecule has 12 heteroatoms. The SMILES string of the molecule is CC(C)(C)[Si](C)(C)O[C@H]1C[C@H](n2cnc3c(N)nc(F)nc32)O[C@]1(CCl)CO[Si](c1ccccc1)(c1ccccc1)C(C)(C)C. The van der Waals surface area contributed by atoms with Crippen molar-refractivity contribution in [2.45, 2.75) is 89.1 Å². The third-order valence-electron chi connectivity index (χ3n) is 9.52. The van der Waals surface area contributed by atoms with Crippen LogP contribution in [-0.2, 0) is 13.6 Å². The fourth-order valence-electron chi connectivity index (χ4n) is 6.05. The van der Waals surface area contributed by atoms with E-state index in [1.807, 2.05) is 12.1 Å². The highest BCUT2D eigenvalue weighted by molar-refractivity contribution is 6.99. The van der Waals surface area contributed by atoms with Gasteiger partial charge in [0.15, 0.2) is 25.3 Å². The van der Waals surface area contributed by atoms with Crippen LogP contribution in [0.15, 0.2) is 67.0 Å². The number of hydrogen-bond donors (Lipinski definition) is 1. The summed E-state index contributed by atoms with van der Waals surface area (Å²) in [6, 6.07) is 21.0. The second-order valence-corrected chi connectivity index (χ2v) is 23.9. The molecule has 1 saturated heterocycles. The van der Waals surface area contributed by atoms with E-state index in [-0.39, 0.29) is 34.0 Å². The van der Waals surface area contributed by atoms with Crippen LogP contribution in [0.2, 0.25) is 23.2 Å². The second-order valence-electron chi connectivity index (χ2n) is 14.5. The van der Waals surface area contributed by atoms with Gasteiger partial charge in [0.05, 0.1) is 24.9 Å². The number of nitrogens with zero attached hydrogens (tertiary/aromatic N) is 4. The third kappa shape index (κ3) is 6.10. The van der Waals surface area contributed by atoms with Crippen molar-refractivity contribution >= 4 is 55.6 Å². The van der Waals surface area contributed by atoms with Gasteiger partial charge in [-0.05, 0) is 33.5 Å². The summed E-state index contributed by atoms with van der Waals surface area (Å²) < 4.78 is 37.5. The standard InChI is InChI=1S/C33H45ClFN5O3Si2/c1-31(2,3)44(7,8)43-25-19-26(40-22-37-27-28(36)38-30(35)39-29(27)40)42-33(25,20-34)21-41-45(32(4,5)6,23-15-11-9-12-16-23)24-17-13-10-14-18-24/h9-18,22,25-26H,19-21H2,1-8H3,(H2,36,38,39)/t25-,26+,33+/m0/s1. The molecule has 2 aromatic carbocycles. The van der Waals surface area contributed by atoms with Gasteiger partial charge in [0.2, 0.25) is 0 Å². The summed E-state index contributed by atoms with van der Waals surface area (Å²) >= 11 is 6.95. The Morgan fingerprint density at radius 2 is 1.56 bits per heavy atom. The summed E-state index contributed by atoms with van der Waals surface area (Å²) in [6.45, 7) is 18.0. The monoisotopic (exact) mass is 669 g/mol. The van der Waals surface area contributed by atoms with Crippen molar-refractivity contribution in [3.8, 4) is 0 Å². The molecule has 1 aliphatic rings. The van der Waals surface area contributed by atoms with Crippen molar-refractivity contribution < 1.29 is 18.0 Å². The summed E-state index contributed by atoms with van der Waals surface area (Å²) in [4.78, 5) is 12.1. The number of fused-ring (bicyclic) bond motifs is 1. The lowest BCUT2D eigenvalue weighted by Gasteiger charge is -2.47. The highest BCUT2D eigenvalue weighted by atomic mass is 35.5. The molecule has 8 nitrogen and oxygen atoms in total. The van der Waals surface area contributed by atoms with Crippen LogP contribution >= 0.6 is 11.6 Å². The fourth-order valence-corrected chi connectivity index (χ4v) is 12.4. The molecule has 3 heterocycles. The number of rotatable bonds is 9.